The molecule has 0 bridgehead atoms. The molecule has 66 heavy (non-hydrogen) atoms. The van der Waals surface area contributed by atoms with E-state index >= 15 is 0 Å². The van der Waals surface area contributed by atoms with Crippen molar-refractivity contribution >= 4 is 11.8 Å². The summed E-state index contributed by atoms with van der Waals surface area (Å²) in [6.45, 7) is 16.3. The first kappa shape index (κ1) is 42.5. The van der Waals surface area contributed by atoms with Crippen molar-refractivity contribution in [3.8, 4) is 33.6 Å². The Morgan fingerprint density at radius 1 is 0.697 bits per heavy atom. The summed E-state index contributed by atoms with van der Waals surface area (Å²) in [5.41, 5.74) is 12.2. The van der Waals surface area contributed by atoms with Crippen LogP contribution >= 0.6 is 0 Å². The van der Waals surface area contributed by atoms with Crippen molar-refractivity contribution in [2.45, 2.75) is 102 Å². The van der Waals surface area contributed by atoms with Crippen LogP contribution in [-0.4, -0.2) is 89.6 Å². The maximum atomic E-state index is 14.7. The summed E-state index contributed by atoms with van der Waals surface area (Å²) in [6.07, 6.45) is 7.86. The van der Waals surface area contributed by atoms with Gasteiger partial charge < -0.3 is 19.8 Å². The van der Waals surface area contributed by atoms with Crippen LogP contribution in [0.1, 0.15) is 112 Å². The average Bonchev–Trinajstić information content (AvgIpc) is 4.11. The molecule has 2 amide bonds. The zero-order valence-electron chi connectivity index (χ0n) is 38.8. The topological polar surface area (TPSA) is 104 Å². The number of nitrogens with one attached hydrogen (secondary N) is 2. The second-order valence-electron chi connectivity index (χ2n) is 19.2. The lowest BCUT2D eigenvalue weighted by Crippen LogP contribution is -2.44. The number of likely N-dealkylation sites (N-methyl/N-ethyl adjacent to an activating group) is 2. The molecular weight excluding hydrogens is 817 g/mol. The Bertz CT molecular complexity index is 2750. The fraction of sp³-hybridized carbons (Fsp3) is 0.393. The van der Waals surface area contributed by atoms with E-state index in [-0.39, 0.29) is 42.0 Å². The quantitative estimate of drug-likeness (QED) is 0.106. The summed E-state index contributed by atoms with van der Waals surface area (Å²) in [5, 5.41) is 0. The highest BCUT2D eigenvalue weighted by atomic mass is 16.2. The van der Waals surface area contributed by atoms with E-state index in [2.05, 4.69) is 131 Å². The zero-order chi connectivity index (χ0) is 45.2. The number of amides is 2. The van der Waals surface area contributed by atoms with E-state index in [1.54, 1.807) is 0 Å². The molecule has 10 nitrogen and oxygen atoms in total. The monoisotopic (exact) mass is 878 g/mol. The number of hydrogen-bond donors (Lipinski definition) is 2. The van der Waals surface area contributed by atoms with E-state index in [0.717, 1.165) is 116 Å². The molecule has 4 fully saturated rings. The standard InChI is InChI=1S/C56H62N8O2/c1-6-61(7-2)51(37-17-12-10-13-18-37)55(65)63-46-30-41(46)31-48(63)53-58-44-22-16-21-40-29-39(27-28-42(40)49(44)60-53)35-23-25-36(26-24-35)45-33-57-54(59-45)50-34(5)43-32-47(43)64(50)56(66)52(62(8-3)9-4)38-19-14-11-15-20-38/h10-15,17-20,23-29,33,41,43,46-48,50-52H,5-9,16,21-22,30-32H2,1-4H3,(H,57,59)(H,58,60)/t41-,43?,46-,47?,48+,50+,51-,52-/m1/s1. The average molecular weight is 879 g/mol. The van der Waals surface area contributed by atoms with Gasteiger partial charge in [0.05, 0.1) is 23.6 Å². The molecule has 0 spiro atoms. The van der Waals surface area contributed by atoms with Gasteiger partial charge in [-0.1, -0.05) is 137 Å². The zero-order valence-corrected chi connectivity index (χ0v) is 38.8. The van der Waals surface area contributed by atoms with Crippen LogP contribution in [0.4, 0.5) is 0 Å². The predicted molar refractivity (Wildman–Crippen MR) is 260 cm³/mol. The molecule has 4 aromatic carbocycles. The number of hydrogen-bond acceptors (Lipinski definition) is 6. The van der Waals surface area contributed by atoms with E-state index in [0.29, 0.717) is 17.9 Å². The first-order chi connectivity index (χ1) is 32.3. The minimum atomic E-state index is -0.355. The van der Waals surface area contributed by atoms with Gasteiger partial charge >= 0.3 is 0 Å². The number of nitrogens with zero attached hydrogens (tertiary/aromatic N) is 6. The molecule has 338 valence electrons. The Labute approximate surface area is 389 Å². The van der Waals surface area contributed by atoms with Crippen LogP contribution in [0.15, 0.2) is 121 Å². The summed E-state index contributed by atoms with van der Waals surface area (Å²) in [7, 11) is 0. The van der Waals surface area contributed by atoms with Crippen molar-refractivity contribution in [3.63, 3.8) is 0 Å². The molecule has 6 aromatic rings. The van der Waals surface area contributed by atoms with Gasteiger partial charge in [0.15, 0.2) is 0 Å². The Morgan fingerprint density at radius 3 is 1.97 bits per heavy atom. The van der Waals surface area contributed by atoms with Gasteiger partial charge in [0.2, 0.25) is 11.8 Å². The number of piperidine rings is 2. The van der Waals surface area contributed by atoms with E-state index in [4.69, 9.17) is 9.97 Å². The molecule has 5 aliphatic rings. The molecule has 8 atom stereocenters. The summed E-state index contributed by atoms with van der Waals surface area (Å²) in [4.78, 5) is 55.9. The van der Waals surface area contributed by atoms with Gasteiger partial charge in [-0.05, 0) is 110 Å². The molecule has 2 saturated heterocycles. The molecule has 0 radical (unpaired) electrons. The predicted octanol–water partition coefficient (Wildman–Crippen LogP) is 10.3. The molecule has 11 rings (SSSR count). The van der Waals surface area contributed by atoms with Crippen LogP contribution in [0.3, 0.4) is 0 Å². The molecule has 2 unspecified atom stereocenters. The fourth-order valence-electron chi connectivity index (χ4n) is 11.9. The Morgan fingerprint density at radius 2 is 1.32 bits per heavy atom. The number of aryl methyl sites for hydroxylation is 2. The smallest absolute Gasteiger partial charge is 0.245 e. The summed E-state index contributed by atoms with van der Waals surface area (Å²) in [5.74, 6) is 2.90. The summed E-state index contributed by atoms with van der Waals surface area (Å²) < 4.78 is 0. The van der Waals surface area contributed by atoms with Crippen LogP contribution in [0.25, 0.3) is 33.6 Å². The van der Waals surface area contributed by atoms with Crippen LogP contribution in [0.2, 0.25) is 0 Å². The highest BCUT2D eigenvalue weighted by Gasteiger charge is 2.59. The third-order valence-corrected chi connectivity index (χ3v) is 15.6. The summed E-state index contributed by atoms with van der Waals surface area (Å²) >= 11 is 0. The van der Waals surface area contributed by atoms with Gasteiger partial charge in [0.25, 0.3) is 0 Å². The first-order valence-electron chi connectivity index (χ1n) is 24.6. The van der Waals surface area contributed by atoms with E-state index in [1.807, 2.05) is 42.6 Å². The molecule has 4 heterocycles. The molecule has 2 saturated carbocycles. The van der Waals surface area contributed by atoms with Crippen LogP contribution in [0, 0.1) is 11.8 Å². The molecule has 2 N–H and O–H groups in total. The van der Waals surface area contributed by atoms with E-state index in [9.17, 15) is 9.59 Å². The number of fused-ring (bicyclic) bond motifs is 5. The van der Waals surface area contributed by atoms with Gasteiger partial charge in [-0.2, -0.15) is 0 Å². The highest BCUT2D eigenvalue weighted by molar-refractivity contribution is 5.86. The third-order valence-electron chi connectivity index (χ3n) is 15.6. The number of H-pyrrole nitrogens is 2. The number of carbonyl (C=O) groups is 2. The molecule has 2 aromatic heterocycles. The number of carbonyl (C=O) groups excluding carboxylic acids is 2. The van der Waals surface area contributed by atoms with Crippen LogP contribution in [0.5, 0.6) is 0 Å². The van der Waals surface area contributed by atoms with Crippen LogP contribution < -0.4 is 0 Å². The van der Waals surface area contributed by atoms with Gasteiger partial charge in [-0.15, -0.1) is 0 Å². The lowest BCUT2D eigenvalue weighted by Gasteiger charge is -2.35. The number of aromatic nitrogens is 4. The maximum absolute atomic E-state index is 14.7. The van der Waals surface area contributed by atoms with Gasteiger partial charge in [-0.3, -0.25) is 19.4 Å². The minimum absolute atomic E-state index is 0.0456. The van der Waals surface area contributed by atoms with Crippen molar-refractivity contribution in [2.24, 2.45) is 11.8 Å². The van der Waals surface area contributed by atoms with Crippen molar-refractivity contribution in [1.29, 1.82) is 0 Å². The number of rotatable bonds is 14. The minimum Gasteiger partial charge on any atom is -0.344 e. The number of benzene rings is 4. The van der Waals surface area contributed by atoms with Crippen molar-refractivity contribution in [2.75, 3.05) is 26.2 Å². The van der Waals surface area contributed by atoms with Crippen molar-refractivity contribution < 1.29 is 9.59 Å². The second-order valence-corrected chi connectivity index (χ2v) is 19.2. The van der Waals surface area contributed by atoms with Crippen LogP contribution in [-0.2, 0) is 22.4 Å². The Kier molecular flexibility index (Phi) is 11.1. The van der Waals surface area contributed by atoms with Gasteiger partial charge in [0.1, 0.15) is 29.8 Å². The third kappa shape index (κ3) is 7.33. The lowest BCUT2D eigenvalue weighted by atomic mass is 9.95. The largest absolute Gasteiger partial charge is 0.344 e. The number of likely N-dealkylation sites (tertiary alicyclic amines) is 2. The van der Waals surface area contributed by atoms with E-state index < -0.39 is 0 Å². The molecular formula is C56H62N8O2. The van der Waals surface area contributed by atoms with Crippen molar-refractivity contribution in [3.05, 3.63) is 156 Å². The molecule has 2 aliphatic heterocycles. The molecule has 10 heteroatoms. The highest BCUT2D eigenvalue weighted by Crippen LogP contribution is 2.57. The van der Waals surface area contributed by atoms with Crippen molar-refractivity contribution in [1.82, 2.24) is 39.5 Å². The van der Waals surface area contributed by atoms with Gasteiger partial charge in [-0.25, -0.2) is 9.97 Å². The summed E-state index contributed by atoms with van der Waals surface area (Å²) in [6, 6.07) is 35.5. The fourth-order valence-corrected chi connectivity index (χ4v) is 11.9. The van der Waals surface area contributed by atoms with Gasteiger partial charge in [0, 0.05) is 29.3 Å². The number of imidazole rings is 2. The molecule has 3 aliphatic carbocycles. The second kappa shape index (κ2) is 17.3. The lowest BCUT2D eigenvalue weighted by molar-refractivity contribution is -0.140. The first-order valence-corrected chi connectivity index (χ1v) is 24.6. The Hall–Kier alpha value is -6.10. The maximum Gasteiger partial charge on any atom is 0.245 e. The van der Waals surface area contributed by atoms with E-state index in [1.165, 1.54) is 22.4 Å². The Balaban J connectivity index is 0.824. The SMILES string of the molecule is C=C1C2CC2N(C(=O)[C@@H](c2ccccc2)N(CC)CC)[C@@H]1c1ncc(-c2ccc(-c3ccc4c(c3)CCCc3[nH]c([C@@H]5C[C@H]6C[C@H]6N5C(=O)[C@@H](c5ccccc5)N(CC)CC)nc3-4)cc2)[nH]1. The number of aromatic amines is 2. The normalized spacial score (nSPS) is 23.6.